The Labute approximate surface area is 115 Å². The Balaban J connectivity index is 2.11. The number of nitrogens with one attached hydrogen (secondary N) is 1. The van der Waals surface area contributed by atoms with E-state index < -0.39 is 0 Å². The predicted molar refractivity (Wildman–Crippen MR) is 70.7 cm³/mol. The van der Waals surface area contributed by atoms with Gasteiger partial charge in [0, 0.05) is 24.7 Å². The summed E-state index contributed by atoms with van der Waals surface area (Å²) in [6.45, 7) is 0.250. The van der Waals surface area contributed by atoms with Crippen LogP contribution in [0, 0.1) is 0 Å². The van der Waals surface area contributed by atoms with E-state index in [0.29, 0.717) is 16.7 Å². The van der Waals surface area contributed by atoms with Crippen molar-refractivity contribution in [1.29, 1.82) is 0 Å². The van der Waals surface area contributed by atoms with Crippen molar-refractivity contribution in [3.63, 3.8) is 0 Å². The molecular formula is C12H13ClN4O2. The summed E-state index contributed by atoms with van der Waals surface area (Å²) >= 11 is 5.81. The zero-order chi connectivity index (χ0) is 13.8. The Morgan fingerprint density at radius 1 is 1.42 bits per heavy atom. The molecule has 2 aromatic rings. The summed E-state index contributed by atoms with van der Waals surface area (Å²) in [6.07, 6.45) is 0. The van der Waals surface area contributed by atoms with Crippen molar-refractivity contribution in [3.8, 4) is 11.4 Å². The fraction of sp³-hybridized carbons (Fsp3) is 0.250. The zero-order valence-electron chi connectivity index (χ0n) is 10.6. The number of benzene rings is 1. The smallest absolute Gasteiger partial charge is 0.317 e. The first kappa shape index (κ1) is 13.4. The lowest BCUT2D eigenvalue weighted by Crippen LogP contribution is -2.34. The van der Waals surface area contributed by atoms with Crippen LogP contribution in [0.1, 0.15) is 5.89 Å². The molecule has 1 N–H and O–H groups in total. The van der Waals surface area contributed by atoms with E-state index in [4.69, 9.17) is 16.1 Å². The van der Waals surface area contributed by atoms with Crippen molar-refractivity contribution in [3.05, 3.63) is 35.2 Å². The topological polar surface area (TPSA) is 71.3 Å². The summed E-state index contributed by atoms with van der Waals surface area (Å²) in [5, 5.41) is 7.02. The third kappa shape index (κ3) is 3.23. The SMILES string of the molecule is CNC(=O)N(C)Cc1nc(-c2ccc(Cl)cc2)no1. The molecule has 1 aromatic carbocycles. The summed E-state index contributed by atoms with van der Waals surface area (Å²) in [5.41, 5.74) is 0.807. The number of hydrogen-bond acceptors (Lipinski definition) is 4. The lowest BCUT2D eigenvalue weighted by Gasteiger charge is -2.12. The Bertz CT molecular complexity index is 567. The summed E-state index contributed by atoms with van der Waals surface area (Å²) < 4.78 is 5.10. The highest BCUT2D eigenvalue weighted by Gasteiger charge is 2.13. The highest BCUT2D eigenvalue weighted by atomic mass is 35.5. The molecule has 0 spiro atoms. The largest absolute Gasteiger partial charge is 0.341 e. The monoisotopic (exact) mass is 280 g/mol. The number of halogens is 1. The van der Waals surface area contributed by atoms with Crippen molar-refractivity contribution in [2.45, 2.75) is 6.54 Å². The van der Waals surface area contributed by atoms with Crippen LogP contribution in [0.25, 0.3) is 11.4 Å². The Kier molecular flexibility index (Phi) is 4.01. The maximum absolute atomic E-state index is 11.3. The summed E-state index contributed by atoms with van der Waals surface area (Å²) in [4.78, 5) is 17.0. The van der Waals surface area contributed by atoms with Gasteiger partial charge in [-0.3, -0.25) is 0 Å². The van der Waals surface area contributed by atoms with Crippen LogP contribution >= 0.6 is 11.6 Å². The number of carbonyl (C=O) groups excluding carboxylic acids is 1. The van der Waals surface area contributed by atoms with Crippen LogP contribution in [0.15, 0.2) is 28.8 Å². The number of carbonyl (C=O) groups is 1. The quantitative estimate of drug-likeness (QED) is 0.935. The van der Waals surface area contributed by atoms with Crippen molar-refractivity contribution in [2.24, 2.45) is 0 Å². The number of urea groups is 1. The second kappa shape index (κ2) is 5.71. The van der Waals surface area contributed by atoms with Gasteiger partial charge in [-0.25, -0.2) is 4.79 Å². The molecule has 100 valence electrons. The van der Waals surface area contributed by atoms with Crippen LogP contribution in [0.2, 0.25) is 5.02 Å². The molecule has 0 aliphatic heterocycles. The van der Waals surface area contributed by atoms with Crippen LogP contribution in [-0.2, 0) is 6.54 Å². The molecule has 0 aliphatic carbocycles. The van der Waals surface area contributed by atoms with Gasteiger partial charge < -0.3 is 14.7 Å². The molecule has 1 aromatic heterocycles. The van der Waals surface area contributed by atoms with Gasteiger partial charge in [0.1, 0.15) is 6.54 Å². The molecule has 0 radical (unpaired) electrons. The van der Waals surface area contributed by atoms with E-state index >= 15 is 0 Å². The molecule has 0 unspecified atom stereocenters. The van der Waals surface area contributed by atoms with E-state index in [1.807, 2.05) is 0 Å². The van der Waals surface area contributed by atoms with Crippen LogP contribution in [-0.4, -0.2) is 35.2 Å². The van der Waals surface area contributed by atoms with E-state index in [1.54, 1.807) is 38.4 Å². The second-order valence-corrected chi connectivity index (χ2v) is 4.37. The van der Waals surface area contributed by atoms with Gasteiger partial charge in [-0.05, 0) is 24.3 Å². The van der Waals surface area contributed by atoms with E-state index in [0.717, 1.165) is 5.56 Å². The number of amides is 2. The lowest BCUT2D eigenvalue weighted by molar-refractivity contribution is 0.202. The van der Waals surface area contributed by atoms with Gasteiger partial charge >= 0.3 is 6.03 Å². The fourth-order valence-corrected chi connectivity index (χ4v) is 1.63. The Morgan fingerprint density at radius 2 is 2.11 bits per heavy atom. The Hall–Kier alpha value is -2.08. The van der Waals surface area contributed by atoms with Gasteiger partial charge in [-0.2, -0.15) is 4.98 Å². The first-order valence-corrected chi connectivity index (χ1v) is 5.99. The molecule has 0 saturated carbocycles. The molecule has 1 heterocycles. The van der Waals surface area contributed by atoms with Crippen LogP contribution in [0.5, 0.6) is 0 Å². The maximum Gasteiger partial charge on any atom is 0.317 e. The number of hydrogen-bond donors (Lipinski definition) is 1. The maximum atomic E-state index is 11.3. The second-order valence-electron chi connectivity index (χ2n) is 3.93. The molecule has 0 bridgehead atoms. The Morgan fingerprint density at radius 3 is 2.74 bits per heavy atom. The van der Waals surface area contributed by atoms with Gasteiger partial charge in [0.05, 0.1) is 0 Å². The van der Waals surface area contributed by atoms with Crippen LogP contribution in [0.3, 0.4) is 0 Å². The average molecular weight is 281 g/mol. The van der Waals surface area contributed by atoms with Gasteiger partial charge in [-0.1, -0.05) is 16.8 Å². The first-order valence-electron chi connectivity index (χ1n) is 5.61. The molecule has 7 heteroatoms. The van der Waals surface area contributed by atoms with Crippen LogP contribution in [0.4, 0.5) is 4.79 Å². The van der Waals surface area contributed by atoms with E-state index in [1.165, 1.54) is 4.90 Å². The van der Waals surface area contributed by atoms with E-state index in [-0.39, 0.29) is 12.6 Å². The molecule has 0 atom stereocenters. The standard InChI is InChI=1S/C12H13ClN4O2/c1-14-12(18)17(2)7-10-15-11(16-19-10)8-3-5-9(13)6-4-8/h3-6H,7H2,1-2H3,(H,14,18). The summed E-state index contributed by atoms with van der Waals surface area (Å²) in [6, 6.07) is 6.90. The molecule has 0 fully saturated rings. The van der Waals surface area contributed by atoms with Gasteiger partial charge in [0.25, 0.3) is 0 Å². The van der Waals surface area contributed by atoms with E-state index in [9.17, 15) is 4.79 Å². The fourth-order valence-electron chi connectivity index (χ4n) is 1.50. The summed E-state index contributed by atoms with van der Waals surface area (Å²) in [5.74, 6) is 0.841. The third-order valence-corrected chi connectivity index (χ3v) is 2.76. The normalized spacial score (nSPS) is 10.3. The minimum atomic E-state index is -0.216. The molecule has 6 nitrogen and oxygen atoms in total. The number of nitrogens with zero attached hydrogens (tertiary/aromatic N) is 3. The summed E-state index contributed by atoms with van der Waals surface area (Å²) in [7, 11) is 3.21. The predicted octanol–water partition coefficient (Wildman–Crippen LogP) is 2.16. The molecule has 2 amide bonds. The average Bonchev–Trinajstić information content (AvgIpc) is 2.87. The molecule has 0 aliphatic rings. The van der Waals surface area contributed by atoms with Gasteiger partial charge in [0.15, 0.2) is 0 Å². The van der Waals surface area contributed by atoms with Gasteiger partial charge in [-0.15, -0.1) is 0 Å². The van der Waals surface area contributed by atoms with Crippen molar-refractivity contribution in [2.75, 3.05) is 14.1 Å². The highest BCUT2D eigenvalue weighted by Crippen LogP contribution is 2.18. The number of rotatable bonds is 3. The number of aromatic nitrogens is 2. The van der Waals surface area contributed by atoms with Crippen molar-refractivity contribution < 1.29 is 9.32 Å². The molecule has 2 rings (SSSR count). The van der Waals surface area contributed by atoms with Crippen LogP contribution < -0.4 is 5.32 Å². The third-order valence-electron chi connectivity index (χ3n) is 2.50. The molecule has 0 saturated heterocycles. The highest BCUT2D eigenvalue weighted by molar-refractivity contribution is 6.30. The van der Waals surface area contributed by atoms with Crippen molar-refractivity contribution >= 4 is 17.6 Å². The minimum absolute atomic E-state index is 0.216. The van der Waals surface area contributed by atoms with Crippen molar-refractivity contribution in [1.82, 2.24) is 20.4 Å². The molecular weight excluding hydrogens is 268 g/mol. The van der Waals surface area contributed by atoms with Gasteiger partial charge in [0.2, 0.25) is 11.7 Å². The van der Waals surface area contributed by atoms with E-state index in [2.05, 4.69) is 15.5 Å². The zero-order valence-corrected chi connectivity index (χ0v) is 11.3. The lowest BCUT2D eigenvalue weighted by atomic mass is 10.2. The first-order chi connectivity index (χ1) is 9.10. The minimum Gasteiger partial charge on any atom is -0.341 e. The molecule has 19 heavy (non-hydrogen) atoms.